The number of phenols is 1. The molecule has 2 nitrogen and oxygen atoms in total. The van der Waals surface area contributed by atoms with E-state index in [1.807, 2.05) is 0 Å². The van der Waals surface area contributed by atoms with Gasteiger partial charge < -0.3 is 10.6 Å². The fraction of sp³-hybridized carbons (Fsp3) is 0. The molecule has 1 aromatic rings. The van der Waals surface area contributed by atoms with E-state index in [0.717, 1.165) is 0 Å². The Morgan fingerprint density at radius 1 is 1.33 bits per heavy atom. The average Bonchev–Trinajstić information content (AvgIpc) is 1.69. The first-order chi connectivity index (χ1) is 3.39. The Hall–Kier alpha value is -0.514. The van der Waals surface area contributed by atoms with E-state index < -0.39 is 0 Å². The van der Waals surface area contributed by atoms with E-state index in [4.69, 9.17) is 5.11 Å². The zero-order chi connectivity index (χ0) is 5.11. The molecule has 0 aliphatic rings. The van der Waals surface area contributed by atoms with Gasteiger partial charge in [0, 0.05) is 22.5 Å². The molecule has 53 valence electrons. The van der Waals surface area contributed by atoms with E-state index in [1.165, 1.54) is 0 Å². The molecule has 0 spiro atoms. The molecule has 1 aromatic carbocycles. The van der Waals surface area contributed by atoms with Gasteiger partial charge in [-0.05, 0) is 0 Å². The van der Waals surface area contributed by atoms with Crippen LogP contribution in [-0.4, -0.2) is 10.6 Å². The summed E-state index contributed by atoms with van der Waals surface area (Å²) in [5, 5.41) is 8.58. The maximum absolute atomic E-state index is 8.58. The van der Waals surface area contributed by atoms with Crippen LogP contribution in [0.3, 0.4) is 0 Å². The monoisotopic (exact) mass is 170 g/mol. The van der Waals surface area contributed by atoms with Crippen molar-refractivity contribution in [3.8, 4) is 5.75 Å². The summed E-state index contributed by atoms with van der Waals surface area (Å²) in [7, 11) is 0. The average molecular weight is 170 g/mol. The Morgan fingerprint density at radius 3 is 2.22 bits per heavy atom. The van der Waals surface area contributed by atoms with Crippen molar-refractivity contribution in [2.75, 3.05) is 0 Å². The molecule has 0 amide bonds. The Morgan fingerprint density at radius 2 is 2.00 bits per heavy atom. The third kappa shape index (κ3) is 4.02. The van der Waals surface area contributed by atoms with Crippen LogP contribution in [0, 0.1) is 6.07 Å². The van der Waals surface area contributed by atoms with Crippen molar-refractivity contribution in [2.24, 2.45) is 0 Å². The second kappa shape index (κ2) is 5.62. The van der Waals surface area contributed by atoms with E-state index in [2.05, 4.69) is 6.07 Å². The van der Waals surface area contributed by atoms with E-state index in [0.29, 0.717) is 0 Å². The molecule has 1 rings (SSSR count). The molecule has 0 atom stereocenters. The van der Waals surface area contributed by atoms with Gasteiger partial charge in [-0.1, -0.05) is 0 Å². The van der Waals surface area contributed by atoms with Gasteiger partial charge in [-0.2, -0.15) is 18.2 Å². The second-order valence-corrected chi connectivity index (χ2v) is 1.25. The first kappa shape index (κ1) is 11.3. The molecule has 0 saturated carbocycles. The van der Waals surface area contributed by atoms with Crippen LogP contribution in [0.4, 0.5) is 0 Å². The van der Waals surface area contributed by atoms with E-state index in [1.54, 1.807) is 24.3 Å². The summed E-state index contributed by atoms with van der Waals surface area (Å²) in [6.07, 6.45) is 0. The topological polar surface area (TPSA) is 51.7 Å². The largest absolute Gasteiger partial charge is 0.534 e. The van der Waals surface area contributed by atoms with Gasteiger partial charge >= 0.3 is 0 Å². The Balaban J connectivity index is 0. The normalized spacial score (nSPS) is 6.67. The van der Waals surface area contributed by atoms with Crippen molar-refractivity contribution in [1.29, 1.82) is 0 Å². The van der Waals surface area contributed by atoms with Gasteiger partial charge in [-0.15, -0.1) is 12.1 Å². The van der Waals surface area contributed by atoms with Crippen LogP contribution in [0.1, 0.15) is 0 Å². The van der Waals surface area contributed by atoms with Gasteiger partial charge in [0.2, 0.25) is 0 Å². The zero-order valence-electron chi connectivity index (χ0n) is 4.59. The molecule has 0 aliphatic heterocycles. The van der Waals surface area contributed by atoms with Crippen LogP contribution in [0.15, 0.2) is 24.3 Å². The minimum Gasteiger partial charge on any atom is -0.534 e. The number of benzene rings is 1. The first-order valence-electron chi connectivity index (χ1n) is 2.05. The van der Waals surface area contributed by atoms with Crippen molar-refractivity contribution in [1.82, 2.24) is 0 Å². The molecular weight excluding hydrogens is 163 g/mol. The molecule has 0 bridgehead atoms. The molecule has 0 heterocycles. The Bertz CT molecular complexity index is 141. The fourth-order valence-electron chi connectivity index (χ4n) is 0.384. The third-order valence-corrected chi connectivity index (χ3v) is 0.693. The summed E-state index contributed by atoms with van der Waals surface area (Å²) >= 11 is 0. The van der Waals surface area contributed by atoms with Gasteiger partial charge in [0.05, 0.1) is 0 Å². The van der Waals surface area contributed by atoms with Crippen molar-refractivity contribution in [3.63, 3.8) is 0 Å². The van der Waals surface area contributed by atoms with Crippen LogP contribution in [-0.2, 0) is 16.8 Å². The minimum atomic E-state index is 0. The van der Waals surface area contributed by atoms with Crippen LogP contribution >= 0.6 is 0 Å². The number of phenolic OH excluding ortho intramolecular Hbond substituents is 1. The predicted octanol–water partition coefficient (Wildman–Crippen LogP) is 0.365. The standard InChI is InChI=1S/C6H5O.Co.H2O/c7-6-4-2-1-3-5-6;;/h1-4,7H;;1H2/q-1;;. The maximum atomic E-state index is 8.58. The predicted molar refractivity (Wildman–Crippen MR) is 30.6 cm³/mol. The van der Waals surface area contributed by atoms with Crippen LogP contribution in [0.5, 0.6) is 5.75 Å². The van der Waals surface area contributed by atoms with Crippen LogP contribution in [0.25, 0.3) is 0 Å². The van der Waals surface area contributed by atoms with Gasteiger partial charge in [-0.25, -0.2) is 0 Å². The second-order valence-electron chi connectivity index (χ2n) is 1.25. The van der Waals surface area contributed by atoms with E-state index >= 15 is 0 Å². The number of hydrogen-bond donors (Lipinski definition) is 1. The number of aromatic hydroxyl groups is 1. The third-order valence-electron chi connectivity index (χ3n) is 0.693. The number of rotatable bonds is 0. The molecule has 0 aromatic heterocycles. The molecular formula is C6H7CoO2-. The van der Waals surface area contributed by atoms with Gasteiger partial charge in [0.1, 0.15) is 0 Å². The summed E-state index contributed by atoms with van der Waals surface area (Å²) in [6.45, 7) is 0. The quantitative estimate of drug-likeness (QED) is 0.561. The molecule has 3 N–H and O–H groups in total. The Labute approximate surface area is 64.0 Å². The maximum Gasteiger partial charge on any atom is 0.00397 e. The summed E-state index contributed by atoms with van der Waals surface area (Å²) in [4.78, 5) is 0. The van der Waals surface area contributed by atoms with Crippen molar-refractivity contribution >= 4 is 0 Å². The molecule has 0 unspecified atom stereocenters. The summed E-state index contributed by atoms with van der Waals surface area (Å²) < 4.78 is 0. The van der Waals surface area contributed by atoms with Crippen molar-refractivity contribution in [3.05, 3.63) is 30.3 Å². The van der Waals surface area contributed by atoms with E-state index in [-0.39, 0.29) is 28.0 Å². The van der Waals surface area contributed by atoms with E-state index in [9.17, 15) is 0 Å². The Kier molecular flexibility index (Phi) is 7.06. The molecule has 0 fully saturated rings. The SMILES string of the molecule is O.Oc1[c-]cccc1.[Co]. The smallest absolute Gasteiger partial charge is 0.00397 e. The summed E-state index contributed by atoms with van der Waals surface area (Å²) in [5.41, 5.74) is 0. The van der Waals surface area contributed by atoms with Crippen molar-refractivity contribution < 1.29 is 27.4 Å². The molecule has 3 heteroatoms. The number of para-hydroxylation sites is 1. The van der Waals surface area contributed by atoms with Crippen LogP contribution < -0.4 is 0 Å². The molecule has 1 radical (unpaired) electrons. The van der Waals surface area contributed by atoms with Gasteiger partial charge in [0.25, 0.3) is 0 Å². The first-order valence-corrected chi connectivity index (χ1v) is 2.05. The van der Waals surface area contributed by atoms with Crippen LogP contribution in [0.2, 0.25) is 0 Å². The minimum absolute atomic E-state index is 0. The zero-order valence-corrected chi connectivity index (χ0v) is 5.63. The molecule has 0 aliphatic carbocycles. The van der Waals surface area contributed by atoms with Gasteiger partial charge in [-0.3, -0.25) is 0 Å². The molecule has 0 saturated heterocycles. The number of hydrogen-bond acceptors (Lipinski definition) is 1. The summed E-state index contributed by atoms with van der Waals surface area (Å²) in [5.74, 6) is 0.197. The summed E-state index contributed by atoms with van der Waals surface area (Å²) in [6, 6.07) is 9.39. The van der Waals surface area contributed by atoms with Crippen molar-refractivity contribution in [2.45, 2.75) is 0 Å². The van der Waals surface area contributed by atoms with Gasteiger partial charge in [0.15, 0.2) is 0 Å². The molecule has 9 heavy (non-hydrogen) atoms. The fourth-order valence-corrected chi connectivity index (χ4v) is 0.384.